The summed E-state index contributed by atoms with van der Waals surface area (Å²) in [5.41, 5.74) is 1.00. The highest BCUT2D eigenvalue weighted by atomic mass is 32.2. The lowest BCUT2D eigenvalue weighted by atomic mass is 9.98. The monoisotopic (exact) mass is 326 g/mol. The fourth-order valence-corrected chi connectivity index (χ4v) is 3.96. The Kier molecular flexibility index (Phi) is 5.76. The van der Waals surface area contributed by atoms with E-state index in [1.165, 1.54) is 19.3 Å². The predicted molar refractivity (Wildman–Crippen MR) is 94.4 cm³/mol. The van der Waals surface area contributed by atoms with E-state index >= 15 is 0 Å². The van der Waals surface area contributed by atoms with Crippen LogP contribution in [-0.2, 0) is 9.53 Å². The van der Waals surface area contributed by atoms with Crippen molar-refractivity contribution in [2.75, 3.05) is 0 Å². The fraction of sp³-hybridized carbons (Fsp3) is 0.350. The smallest absolute Gasteiger partial charge is 0.324 e. The fourth-order valence-electron chi connectivity index (χ4n) is 2.92. The third kappa shape index (κ3) is 4.61. The molecule has 0 radical (unpaired) electrons. The molecule has 1 fully saturated rings. The van der Waals surface area contributed by atoms with Crippen molar-refractivity contribution in [1.29, 1.82) is 0 Å². The van der Waals surface area contributed by atoms with Gasteiger partial charge in [0.1, 0.15) is 11.4 Å². The minimum absolute atomic E-state index is 0.0961. The molecule has 0 saturated heterocycles. The molecule has 0 heterocycles. The molecule has 2 nitrogen and oxygen atoms in total. The number of esters is 1. The molecule has 2 aromatic rings. The number of carbonyl (C=O) groups excluding carboxylic acids is 1. The van der Waals surface area contributed by atoms with Crippen molar-refractivity contribution in [2.45, 2.75) is 48.4 Å². The quantitative estimate of drug-likeness (QED) is 0.544. The molecule has 2 aromatic carbocycles. The maximum Gasteiger partial charge on any atom is 0.324 e. The molecule has 0 aliphatic heterocycles. The molecule has 120 valence electrons. The van der Waals surface area contributed by atoms with Crippen LogP contribution in [0.25, 0.3) is 0 Å². The van der Waals surface area contributed by atoms with Gasteiger partial charge in [-0.25, -0.2) is 0 Å². The molecular formula is C20H22O2S. The first-order valence-corrected chi connectivity index (χ1v) is 9.18. The van der Waals surface area contributed by atoms with Crippen molar-refractivity contribution in [2.24, 2.45) is 0 Å². The van der Waals surface area contributed by atoms with Crippen LogP contribution in [0, 0.1) is 0 Å². The molecule has 0 N–H and O–H groups in total. The van der Waals surface area contributed by atoms with Gasteiger partial charge in [-0.15, -0.1) is 11.8 Å². The minimum atomic E-state index is -0.305. The van der Waals surface area contributed by atoms with Crippen LogP contribution in [0.5, 0.6) is 0 Å². The number of thioether (sulfide) groups is 1. The Balaban J connectivity index is 1.75. The molecule has 1 saturated carbocycles. The Bertz CT molecular complexity index is 606. The zero-order chi connectivity index (χ0) is 15.9. The Morgan fingerprint density at radius 3 is 2.17 bits per heavy atom. The van der Waals surface area contributed by atoms with Crippen LogP contribution in [0.2, 0.25) is 0 Å². The van der Waals surface area contributed by atoms with E-state index in [4.69, 9.17) is 4.74 Å². The van der Waals surface area contributed by atoms with Gasteiger partial charge in [0.25, 0.3) is 0 Å². The van der Waals surface area contributed by atoms with Crippen LogP contribution in [0.3, 0.4) is 0 Å². The second kappa shape index (κ2) is 8.21. The summed E-state index contributed by atoms with van der Waals surface area (Å²) < 4.78 is 5.82. The van der Waals surface area contributed by atoms with Crippen molar-refractivity contribution in [1.82, 2.24) is 0 Å². The molecule has 1 aliphatic rings. The van der Waals surface area contributed by atoms with Crippen molar-refractivity contribution in [3.05, 3.63) is 66.2 Å². The third-order valence-corrected chi connectivity index (χ3v) is 5.39. The van der Waals surface area contributed by atoms with Crippen LogP contribution >= 0.6 is 11.8 Å². The molecule has 0 spiro atoms. The number of carbonyl (C=O) groups is 1. The Morgan fingerprint density at radius 2 is 1.52 bits per heavy atom. The molecule has 3 rings (SSSR count). The molecule has 3 heteroatoms. The lowest BCUT2D eigenvalue weighted by molar-refractivity contribution is -0.149. The van der Waals surface area contributed by atoms with Crippen LogP contribution < -0.4 is 0 Å². The van der Waals surface area contributed by atoms with Gasteiger partial charge in [-0.05, 0) is 43.4 Å². The summed E-state index contributed by atoms with van der Waals surface area (Å²) in [7, 11) is 0. The second-order valence-electron chi connectivity index (χ2n) is 5.92. The van der Waals surface area contributed by atoms with Crippen LogP contribution in [0.15, 0.2) is 65.6 Å². The first kappa shape index (κ1) is 16.1. The van der Waals surface area contributed by atoms with E-state index in [1.807, 2.05) is 60.7 Å². The largest absolute Gasteiger partial charge is 0.461 e. The third-order valence-electron chi connectivity index (χ3n) is 4.15. The van der Waals surface area contributed by atoms with E-state index in [0.29, 0.717) is 0 Å². The maximum absolute atomic E-state index is 12.8. The highest BCUT2D eigenvalue weighted by Crippen LogP contribution is 2.37. The van der Waals surface area contributed by atoms with E-state index in [-0.39, 0.29) is 17.3 Å². The Labute approximate surface area is 142 Å². The van der Waals surface area contributed by atoms with Crippen LogP contribution in [0.1, 0.15) is 42.9 Å². The normalized spacial score (nSPS) is 16.7. The van der Waals surface area contributed by atoms with Gasteiger partial charge < -0.3 is 4.74 Å². The van der Waals surface area contributed by atoms with E-state index in [0.717, 1.165) is 23.3 Å². The summed E-state index contributed by atoms with van der Waals surface area (Å²) in [6.07, 6.45) is 5.69. The molecular weight excluding hydrogens is 304 g/mol. The number of hydrogen-bond acceptors (Lipinski definition) is 3. The summed E-state index contributed by atoms with van der Waals surface area (Å²) in [5.74, 6) is -0.114. The maximum atomic E-state index is 12.8. The molecule has 23 heavy (non-hydrogen) atoms. The highest BCUT2D eigenvalue weighted by Gasteiger charge is 2.27. The van der Waals surface area contributed by atoms with E-state index in [1.54, 1.807) is 11.8 Å². The number of benzene rings is 2. The zero-order valence-electron chi connectivity index (χ0n) is 13.2. The first-order chi connectivity index (χ1) is 11.3. The SMILES string of the molecule is O=C(OC1CCCCC1)C(Sc1ccccc1)c1ccccc1. The van der Waals surface area contributed by atoms with Crippen molar-refractivity contribution in [3.8, 4) is 0 Å². The summed E-state index contributed by atoms with van der Waals surface area (Å²) in [6.45, 7) is 0. The second-order valence-corrected chi connectivity index (χ2v) is 7.10. The average Bonchev–Trinajstić information content (AvgIpc) is 2.62. The van der Waals surface area contributed by atoms with Crippen LogP contribution in [0.4, 0.5) is 0 Å². The number of ether oxygens (including phenoxy) is 1. The summed E-state index contributed by atoms with van der Waals surface area (Å²) in [4.78, 5) is 13.9. The molecule has 1 atom stereocenters. The average molecular weight is 326 g/mol. The molecule has 0 amide bonds. The summed E-state index contributed by atoms with van der Waals surface area (Å²) >= 11 is 1.56. The predicted octanol–water partition coefficient (Wildman–Crippen LogP) is 5.40. The Morgan fingerprint density at radius 1 is 0.913 bits per heavy atom. The molecule has 0 bridgehead atoms. The van der Waals surface area contributed by atoms with Gasteiger partial charge in [0.15, 0.2) is 0 Å². The highest BCUT2D eigenvalue weighted by molar-refractivity contribution is 8.00. The van der Waals surface area contributed by atoms with E-state index in [9.17, 15) is 4.79 Å². The van der Waals surface area contributed by atoms with Gasteiger partial charge in [-0.1, -0.05) is 55.0 Å². The molecule has 1 unspecified atom stereocenters. The summed E-state index contributed by atoms with van der Waals surface area (Å²) in [5, 5.41) is -0.305. The van der Waals surface area contributed by atoms with Gasteiger partial charge in [-0.3, -0.25) is 4.79 Å². The Hall–Kier alpha value is -1.74. The standard InChI is InChI=1S/C20H22O2S/c21-20(22-17-12-6-2-7-13-17)19(16-10-4-1-5-11-16)23-18-14-8-3-9-15-18/h1,3-5,8-11,14-15,17,19H,2,6-7,12-13H2. The van der Waals surface area contributed by atoms with Crippen molar-refractivity contribution in [3.63, 3.8) is 0 Å². The summed E-state index contributed by atoms with van der Waals surface area (Å²) in [6, 6.07) is 20.0. The van der Waals surface area contributed by atoms with Crippen molar-refractivity contribution >= 4 is 17.7 Å². The zero-order valence-corrected chi connectivity index (χ0v) is 14.0. The lowest BCUT2D eigenvalue weighted by Crippen LogP contribution is -2.24. The van der Waals surface area contributed by atoms with Gasteiger partial charge in [0.2, 0.25) is 0 Å². The first-order valence-electron chi connectivity index (χ1n) is 8.30. The number of hydrogen-bond donors (Lipinski definition) is 0. The molecule has 0 aromatic heterocycles. The van der Waals surface area contributed by atoms with Crippen molar-refractivity contribution < 1.29 is 9.53 Å². The lowest BCUT2D eigenvalue weighted by Gasteiger charge is -2.24. The minimum Gasteiger partial charge on any atom is -0.461 e. The van der Waals surface area contributed by atoms with Gasteiger partial charge in [-0.2, -0.15) is 0 Å². The van der Waals surface area contributed by atoms with Gasteiger partial charge in [0, 0.05) is 4.90 Å². The molecule has 1 aliphatic carbocycles. The van der Waals surface area contributed by atoms with Gasteiger partial charge >= 0.3 is 5.97 Å². The van der Waals surface area contributed by atoms with Gasteiger partial charge in [0.05, 0.1) is 0 Å². The van der Waals surface area contributed by atoms with E-state index < -0.39 is 0 Å². The topological polar surface area (TPSA) is 26.3 Å². The number of rotatable bonds is 5. The van der Waals surface area contributed by atoms with E-state index in [2.05, 4.69) is 0 Å². The van der Waals surface area contributed by atoms with Crippen LogP contribution in [-0.4, -0.2) is 12.1 Å².